The third-order valence-corrected chi connectivity index (χ3v) is 1.46. The molecular formula is C7H12O4. The van der Waals surface area contributed by atoms with E-state index in [-0.39, 0.29) is 12.6 Å². The van der Waals surface area contributed by atoms with E-state index >= 15 is 0 Å². The maximum atomic E-state index is 10.8. The van der Waals surface area contributed by atoms with Crippen molar-refractivity contribution in [2.45, 2.75) is 25.6 Å². The fraction of sp³-hybridized carbons (Fsp3) is 0.857. The molecule has 0 aromatic rings. The zero-order chi connectivity index (χ0) is 8.32. The van der Waals surface area contributed by atoms with Crippen LogP contribution in [0.4, 0.5) is 0 Å². The smallest absolute Gasteiger partial charge is 0.308 e. The lowest BCUT2D eigenvalue weighted by Crippen LogP contribution is -2.25. The average molecular weight is 160 g/mol. The van der Waals surface area contributed by atoms with Crippen molar-refractivity contribution in [3.8, 4) is 0 Å². The normalized spacial score (nSPS) is 28.2. The molecule has 1 fully saturated rings. The molecule has 0 amide bonds. The van der Waals surface area contributed by atoms with Crippen molar-refractivity contribution >= 4 is 5.97 Å². The molecule has 4 nitrogen and oxygen atoms in total. The van der Waals surface area contributed by atoms with Crippen molar-refractivity contribution in [2.75, 3.05) is 13.2 Å². The summed E-state index contributed by atoms with van der Waals surface area (Å²) in [6.07, 6.45) is 1.13. The molecule has 0 radical (unpaired) electrons. The molecule has 0 aromatic carbocycles. The third kappa shape index (κ3) is 2.17. The zero-order valence-corrected chi connectivity index (χ0v) is 6.50. The van der Waals surface area contributed by atoms with Crippen LogP contribution in [0.2, 0.25) is 0 Å². The molecular weight excluding hydrogens is 148 g/mol. The fourth-order valence-electron chi connectivity index (χ4n) is 0.726. The molecule has 0 bridgehead atoms. The standard InChI is InChI=1S/C7H12O4/c1-2-3-6(9)11-7(4-8)5-10-7/h8H,2-5H2,1H3/t7-/m0/s1. The van der Waals surface area contributed by atoms with E-state index in [0.717, 1.165) is 6.42 Å². The van der Waals surface area contributed by atoms with E-state index in [4.69, 9.17) is 14.6 Å². The summed E-state index contributed by atoms with van der Waals surface area (Å²) in [5.41, 5.74) is 0. The Hall–Kier alpha value is -0.610. The van der Waals surface area contributed by atoms with Gasteiger partial charge in [-0.1, -0.05) is 6.92 Å². The Morgan fingerprint density at radius 1 is 1.82 bits per heavy atom. The third-order valence-electron chi connectivity index (χ3n) is 1.46. The summed E-state index contributed by atoms with van der Waals surface area (Å²) < 4.78 is 9.60. The minimum atomic E-state index is -0.980. The first-order valence-corrected chi connectivity index (χ1v) is 3.69. The van der Waals surface area contributed by atoms with Gasteiger partial charge in [-0.3, -0.25) is 4.79 Å². The molecule has 0 spiro atoms. The van der Waals surface area contributed by atoms with E-state index in [0.29, 0.717) is 13.0 Å². The second kappa shape index (κ2) is 3.19. The number of esters is 1. The lowest BCUT2D eigenvalue weighted by atomic mass is 10.3. The van der Waals surface area contributed by atoms with E-state index in [9.17, 15) is 4.79 Å². The molecule has 64 valence electrons. The van der Waals surface area contributed by atoms with E-state index in [1.54, 1.807) is 0 Å². The predicted molar refractivity (Wildman–Crippen MR) is 36.8 cm³/mol. The number of hydrogen-bond acceptors (Lipinski definition) is 4. The first-order chi connectivity index (χ1) is 5.22. The van der Waals surface area contributed by atoms with E-state index < -0.39 is 5.79 Å². The number of ether oxygens (including phenoxy) is 2. The molecule has 1 atom stereocenters. The largest absolute Gasteiger partial charge is 0.428 e. The Bertz CT molecular complexity index is 151. The molecule has 1 aliphatic heterocycles. The van der Waals surface area contributed by atoms with Gasteiger partial charge in [-0.05, 0) is 6.42 Å². The summed E-state index contributed by atoms with van der Waals surface area (Å²) in [5.74, 6) is -1.29. The van der Waals surface area contributed by atoms with Crippen LogP contribution in [0, 0.1) is 0 Å². The van der Waals surface area contributed by atoms with Gasteiger partial charge in [-0.2, -0.15) is 0 Å². The van der Waals surface area contributed by atoms with Gasteiger partial charge in [0, 0.05) is 6.42 Å². The summed E-state index contributed by atoms with van der Waals surface area (Å²) in [6, 6.07) is 0. The van der Waals surface area contributed by atoms with Crippen LogP contribution in [0.15, 0.2) is 0 Å². The van der Waals surface area contributed by atoms with Gasteiger partial charge >= 0.3 is 5.97 Å². The first kappa shape index (κ1) is 8.49. The van der Waals surface area contributed by atoms with Crippen LogP contribution in [-0.4, -0.2) is 30.1 Å². The van der Waals surface area contributed by atoms with Crippen molar-refractivity contribution in [3.63, 3.8) is 0 Å². The van der Waals surface area contributed by atoms with Gasteiger partial charge < -0.3 is 14.6 Å². The van der Waals surface area contributed by atoms with Gasteiger partial charge in [0.15, 0.2) is 0 Å². The summed E-state index contributed by atoms with van der Waals surface area (Å²) in [5, 5.41) is 8.67. The molecule has 1 N–H and O–H groups in total. The molecule has 0 unspecified atom stereocenters. The highest BCUT2D eigenvalue weighted by Crippen LogP contribution is 2.27. The Balaban J connectivity index is 2.24. The highest BCUT2D eigenvalue weighted by molar-refractivity contribution is 5.69. The molecule has 1 heterocycles. The predicted octanol–water partition coefficient (Wildman–Crippen LogP) is 0.0485. The Kier molecular flexibility index (Phi) is 2.46. The number of rotatable bonds is 4. The van der Waals surface area contributed by atoms with Gasteiger partial charge in [0.05, 0.1) is 0 Å². The van der Waals surface area contributed by atoms with Crippen LogP contribution >= 0.6 is 0 Å². The molecule has 11 heavy (non-hydrogen) atoms. The van der Waals surface area contributed by atoms with Crippen LogP contribution in [0.3, 0.4) is 0 Å². The maximum absolute atomic E-state index is 10.8. The summed E-state index contributed by atoms with van der Waals surface area (Å²) in [4.78, 5) is 10.8. The fourth-order valence-corrected chi connectivity index (χ4v) is 0.726. The Morgan fingerprint density at radius 3 is 2.82 bits per heavy atom. The SMILES string of the molecule is CCCC(=O)O[C@@]1(CO)CO1. The Morgan fingerprint density at radius 2 is 2.45 bits per heavy atom. The van der Waals surface area contributed by atoms with Crippen molar-refractivity contribution < 1.29 is 19.4 Å². The van der Waals surface area contributed by atoms with E-state index in [1.165, 1.54) is 0 Å². The van der Waals surface area contributed by atoms with Crippen LogP contribution in [-0.2, 0) is 14.3 Å². The van der Waals surface area contributed by atoms with Crippen LogP contribution < -0.4 is 0 Å². The highest BCUT2D eigenvalue weighted by Gasteiger charge is 2.48. The number of hydrogen-bond donors (Lipinski definition) is 1. The van der Waals surface area contributed by atoms with Crippen molar-refractivity contribution in [1.29, 1.82) is 0 Å². The lowest BCUT2D eigenvalue weighted by Gasteiger charge is -2.08. The lowest BCUT2D eigenvalue weighted by molar-refractivity contribution is -0.162. The summed E-state index contributed by atoms with van der Waals surface area (Å²) >= 11 is 0. The summed E-state index contributed by atoms with van der Waals surface area (Å²) in [7, 11) is 0. The molecule has 0 aliphatic carbocycles. The summed E-state index contributed by atoms with van der Waals surface area (Å²) in [6.45, 7) is 1.96. The maximum Gasteiger partial charge on any atom is 0.308 e. The van der Waals surface area contributed by atoms with Crippen molar-refractivity contribution in [3.05, 3.63) is 0 Å². The van der Waals surface area contributed by atoms with Crippen LogP contribution in [0.5, 0.6) is 0 Å². The number of aliphatic hydroxyl groups is 1. The Labute approximate surface area is 65.1 Å². The zero-order valence-electron chi connectivity index (χ0n) is 6.50. The second-order valence-corrected chi connectivity index (χ2v) is 2.58. The molecule has 0 aromatic heterocycles. The average Bonchev–Trinajstić information content (AvgIpc) is 2.70. The molecule has 1 saturated heterocycles. The number of epoxide rings is 1. The van der Waals surface area contributed by atoms with Gasteiger partial charge in [-0.15, -0.1) is 0 Å². The van der Waals surface area contributed by atoms with Crippen LogP contribution in [0.25, 0.3) is 0 Å². The quantitative estimate of drug-likeness (QED) is 0.466. The molecule has 1 rings (SSSR count). The molecule has 0 saturated carbocycles. The van der Waals surface area contributed by atoms with Gasteiger partial charge in [0.1, 0.15) is 13.2 Å². The van der Waals surface area contributed by atoms with Gasteiger partial charge in [-0.25, -0.2) is 0 Å². The second-order valence-electron chi connectivity index (χ2n) is 2.58. The number of carbonyl (C=O) groups is 1. The van der Waals surface area contributed by atoms with E-state index in [2.05, 4.69) is 0 Å². The van der Waals surface area contributed by atoms with Crippen molar-refractivity contribution in [2.24, 2.45) is 0 Å². The van der Waals surface area contributed by atoms with Gasteiger partial charge in [0.25, 0.3) is 5.79 Å². The first-order valence-electron chi connectivity index (χ1n) is 3.69. The monoisotopic (exact) mass is 160 g/mol. The highest BCUT2D eigenvalue weighted by atomic mass is 16.8. The van der Waals surface area contributed by atoms with E-state index in [1.807, 2.05) is 6.92 Å². The van der Waals surface area contributed by atoms with Gasteiger partial charge in [0.2, 0.25) is 0 Å². The molecule has 4 heteroatoms. The van der Waals surface area contributed by atoms with Crippen LogP contribution in [0.1, 0.15) is 19.8 Å². The number of aliphatic hydroxyl groups excluding tert-OH is 1. The molecule has 1 aliphatic rings. The minimum absolute atomic E-state index is 0.248. The van der Waals surface area contributed by atoms with Crippen molar-refractivity contribution in [1.82, 2.24) is 0 Å². The number of carbonyl (C=O) groups excluding carboxylic acids is 1. The minimum Gasteiger partial charge on any atom is -0.428 e. The topological polar surface area (TPSA) is 59.1 Å².